The van der Waals surface area contributed by atoms with Crippen molar-refractivity contribution in [3.8, 4) is 23.0 Å². The minimum atomic E-state index is -0.497. The summed E-state index contributed by atoms with van der Waals surface area (Å²) in [5.41, 5.74) is 0.664. The van der Waals surface area contributed by atoms with Gasteiger partial charge in [-0.25, -0.2) is 0 Å². The Bertz CT molecular complexity index is 1170. The molecule has 0 aliphatic carbocycles. The Balaban J connectivity index is 1.89. The molecule has 0 aliphatic rings. The van der Waals surface area contributed by atoms with E-state index >= 15 is 0 Å². The standard InChI is InChI=1S/C22H24N2O7S/c1-5-30-14-6-8-15(9-7-14)31-13-20(25)23-22-24(12-21(26)29-4)16-10-17(27-2)18(28-3)11-19(16)32-22/h6-11H,5,12-13H2,1-4H3. The number of benzene rings is 2. The second kappa shape index (κ2) is 10.7. The first-order chi connectivity index (χ1) is 15.5. The van der Waals surface area contributed by atoms with Crippen LogP contribution in [-0.2, 0) is 20.9 Å². The van der Waals surface area contributed by atoms with Gasteiger partial charge in [0, 0.05) is 12.1 Å². The molecule has 10 heteroatoms. The minimum absolute atomic E-state index is 0.113. The molecule has 0 aliphatic heterocycles. The Morgan fingerprint density at radius 2 is 1.59 bits per heavy atom. The van der Waals surface area contributed by atoms with Gasteiger partial charge in [-0.1, -0.05) is 11.3 Å². The lowest BCUT2D eigenvalue weighted by Gasteiger charge is -2.09. The van der Waals surface area contributed by atoms with Crippen molar-refractivity contribution < 1.29 is 33.3 Å². The fourth-order valence-electron chi connectivity index (χ4n) is 2.91. The van der Waals surface area contributed by atoms with Crippen molar-refractivity contribution in [1.29, 1.82) is 0 Å². The third kappa shape index (κ3) is 5.38. The van der Waals surface area contributed by atoms with Crippen LogP contribution in [0.5, 0.6) is 23.0 Å². The summed E-state index contributed by atoms with van der Waals surface area (Å²) >= 11 is 1.24. The van der Waals surface area contributed by atoms with Crippen LogP contribution in [0.15, 0.2) is 41.4 Å². The number of esters is 1. The summed E-state index contributed by atoms with van der Waals surface area (Å²) < 4.78 is 28.8. The van der Waals surface area contributed by atoms with E-state index < -0.39 is 11.9 Å². The van der Waals surface area contributed by atoms with Gasteiger partial charge >= 0.3 is 5.97 Å². The normalized spacial score (nSPS) is 11.3. The van der Waals surface area contributed by atoms with Crippen LogP contribution in [0.4, 0.5) is 0 Å². The fraction of sp³-hybridized carbons (Fsp3) is 0.318. The molecule has 3 aromatic rings. The first-order valence-electron chi connectivity index (χ1n) is 9.74. The smallest absolute Gasteiger partial charge is 0.325 e. The number of nitrogens with zero attached hydrogens (tertiary/aromatic N) is 2. The SMILES string of the molecule is CCOc1ccc(OCC(=O)N=c2sc3cc(OC)c(OC)cc3n2CC(=O)OC)cc1. The molecule has 0 N–H and O–H groups in total. The molecule has 170 valence electrons. The quantitative estimate of drug-likeness (QED) is 0.453. The van der Waals surface area contributed by atoms with Gasteiger partial charge in [-0.2, -0.15) is 4.99 Å². The number of aromatic nitrogens is 1. The predicted molar refractivity (Wildman–Crippen MR) is 119 cm³/mol. The third-order valence-electron chi connectivity index (χ3n) is 4.42. The maximum atomic E-state index is 12.5. The maximum absolute atomic E-state index is 12.5. The third-order valence-corrected chi connectivity index (χ3v) is 5.46. The average Bonchev–Trinajstić information content (AvgIpc) is 3.13. The molecule has 0 bridgehead atoms. The van der Waals surface area contributed by atoms with E-state index in [0.29, 0.717) is 34.2 Å². The molecule has 0 fully saturated rings. The molecule has 9 nitrogen and oxygen atoms in total. The van der Waals surface area contributed by atoms with Crippen molar-refractivity contribution in [1.82, 2.24) is 4.57 Å². The van der Waals surface area contributed by atoms with Crippen LogP contribution >= 0.6 is 11.3 Å². The van der Waals surface area contributed by atoms with Crippen LogP contribution in [0.2, 0.25) is 0 Å². The van der Waals surface area contributed by atoms with Gasteiger partial charge in [0.25, 0.3) is 5.91 Å². The van der Waals surface area contributed by atoms with Crippen LogP contribution in [0.25, 0.3) is 10.2 Å². The van der Waals surface area contributed by atoms with Crippen molar-refractivity contribution in [3.05, 3.63) is 41.2 Å². The van der Waals surface area contributed by atoms with Gasteiger partial charge in [-0.05, 0) is 31.2 Å². The number of thiazole rings is 1. The molecule has 2 aromatic carbocycles. The number of ether oxygens (including phenoxy) is 5. The van der Waals surface area contributed by atoms with E-state index in [2.05, 4.69) is 4.99 Å². The zero-order valence-corrected chi connectivity index (χ0v) is 19.1. The van der Waals surface area contributed by atoms with E-state index in [1.54, 1.807) is 41.0 Å². The lowest BCUT2D eigenvalue weighted by Crippen LogP contribution is -2.23. The molecule has 0 saturated heterocycles. The summed E-state index contributed by atoms with van der Waals surface area (Å²) in [5.74, 6) is 1.29. The lowest BCUT2D eigenvalue weighted by molar-refractivity contribution is -0.141. The first kappa shape index (κ1) is 23.1. The number of carbonyl (C=O) groups is 2. The largest absolute Gasteiger partial charge is 0.494 e. The van der Waals surface area contributed by atoms with E-state index in [1.165, 1.54) is 32.7 Å². The monoisotopic (exact) mass is 460 g/mol. The van der Waals surface area contributed by atoms with Gasteiger partial charge in [0.15, 0.2) is 22.9 Å². The van der Waals surface area contributed by atoms with E-state index in [1.807, 2.05) is 6.92 Å². The van der Waals surface area contributed by atoms with E-state index in [9.17, 15) is 9.59 Å². The van der Waals surface area contributed by atoms with Crippen LogP contribution < -0.4 is 23.7 Å². The van der Waals surface area contributed by atoms with Gasteiger partial charge in [0.1, 0.15) is 18.0 Å². The fourth-order valence-corrected chi connectivity index (χ4v) is 3.97. The zero-order chi connectivity index (χ0) is 23.1. The Hall–Kier alpha value is -3.53. The Labute approximate surface area is 188 Å². The molecule has 3 rings (SSSR count). The second-order valence-electron chi connectivity index (χ2n) is 6.42. The van der Waals surface area contributed by atoms with Gasteiger partial charge in [-0.3, -0.25) is 9.59 Å². The van der Waals surface area contributed by atoms with Gasteiger partial charge < -0.3 is 28.3 Å². The number of fused-ring (bicyclic) bond motifs is 1. The first-order valence-corrected chi connectivity index (χ1v) is 10.6. The molecule has 32 heavy (non-hydrogen) atoms. The van der Waals surface area contributed by atoms with Gasteiger partial charge in [0.2, 0.25) is 0 Å². The van der Waals surface area contributed by atoms with Crippen molar-refractivity contribution in [2.45, 2.75) is 13.5 Å². The van der Waals surface area contributed by atoms with E-state index in [4.69, 9.17) is 23.7 Å². The Morgan fingerprint density at radius 1 is 0.969 bits per heavy atom. The maximum Gasteiger partial charge on any atom is 0.325 e. The molecule has 1 heterocycles. The molecule has 0 atom stereocenters. The van der Waals surface area contributed by atoms with Crippen LogP contribution in [0, 0.1) is 0 Å². The topological polar surface area (TPSA) is 97.6 Å². The van der Waals surface area contributed by atoms with Crippen molar-refractivity contribution in [2.75, 3.05) is 34.5 Å². The predicted octanol–water partition coefficient (Wildman–Crippen LogP) is 2.80. The van der Waals surface area contributed by atoms with Crippen molar-refractivity contribution in [3.63, 3.8) is 0 Å². The molecule has 0 unspecified atom stereocenters. The summed E-state index contributed by atoms with van der Waals surface area (Å²) in [5, 5.41) is 0. The highest BCUT2D eigenvalue weighted by molar-refractivity contribution is 7.16. The average molecular weight is 461 g/mol. The summed E-state index contributed by atoms with van der Waals surface area (Å²) in [7, 11) is 4.36. The van der Waals surface area contributed by atoms with Crippen LogP contribution in [0.1, 0.15) is 6.92 Å². The molecule has 0 spiro atoms. The van der Waals surface area contributed by atoms with Gasteiger partial charge in [-0.15, -0.1) is 0 Å². The molecule has 0 saturated carbocycles. The number of hydrogen-bond donors (Lipinski definition) is 0. The molecule has 1 amide bonds. The summed E-state index contributed by atoms with van der Waals surface area (Å²) in [6, 6.07) is 10.5. The summed E-state index contributed by atoms with van der Waals surface area (Å²) in [4.78, 5) is 29.0. The number of hydrogen-bond acceptors (Lipinski definition) is 8. The number of methoxy groups -OCH3 is 3. The van der Waals surface area contributed by atoms with Crippen molar-refractivity contribution in [2.24, 2.45) is 4.99 Å². The molecular weight excluding hydrogens is 436 g/mol. The highest BCUT2D eigenvalue weighted by Gasteiger charge is 2.16. The highest BCUT2D eigenvalue weighted by Crippen LogP contribution is 2.33. The zero-order valence-electron chi connectivity index (χ0n) is 18.2. The highest BCUT2D eigenvalue weighted by atomic mass is 32.1. The Kier molecular flexibility index (Phi) is 7.72. The number of carbonyl (C=O) groups excluding carboxylic acids is 2. The summed E-state index contributed by atoms with van der Waals surface area (Å²) in [6.07, 6.45) is 0. The number of amides is 1. The van der Waals surface area contributed by atoms with Gasteiger partial charge in [0.05, 0.1) is 38.2 Å². The molecule has 0 radical (unpaired) electrons. The summed E-state index contributed by atoms with van der Waals surface area (Å²) in [6.45, 7) is 2.10. The molecular formula is C22H24N2O7S. The molecule has 1 aromatic heterocycles. The Morgan fingerprint density at radius 3 is 2.19 bits per heavy atom. The lowest BCUT2D eigenvalue weighted by atomic mass is 10.3. The number of rotatable bonds is 9. The second-order valence-corrected chi connectivity index (χ2v) is 7.43. The van der Waals surface area contributed by atoms with E-state index in [-0.39, 0.29) is 13.2 Å². The minimum Gasteiger partial charge on any atom is -0.494 e. The van der Waals surface area contributed by atoms with Crippen LogP contribution in [-0.4, -0.2) is 51.0 Å². The van der Waals surface area contributed by atoms with E-state index in [0.717, 1.165) is 10.4 Å². The van der Waals surface area contributed by atoms with Crippen LogP contribution in [0.3, 0.4) is 0 Å². The van der Waals surface area contributed by atoms with Crippen molar-refractivity contribution >= 4 is 33.4 Å².